The largest absolute Gasteiger partial charge is 0.421 e. The van der Waals surface area contributed by atoms with E-state index in [1.807, 2.05) is 60.4 Å². The number of benzene rings is 2. The Balaban J connectivity index is 1.27. The quantitative estimate of drug-likeness (QED) is 0.570. The predicted octanol–water partition coefficient (Wildman–Crippen LogP) is 3.53. The molecule has 0 bridgehead atoms. The summed E-state index contributed by atoms with van der Waals surface area (Å²) in [6, 6.07) is 15.5. The molecule has 1 amide bonds. The molecule has 160 valence electrons. The second kappa shape index (κ2) is 9.12. The molecule has 0 unspecified atom stereocenters. The van der Waals surface area contributed by atoms with Crippen molar-refractivity contribution < 1.29 is 14.0 Å². The summed E-state index contributed by atoms with van der Waals surface area (Å²) in [5.74, 6) is 1.12. The Labute approximate surface area is 181 Å². The molecule has 31 heavy (non-hydrogen) atoms. The highest BCUT2D eigenvalue weighted by molar-refractivity contribution is 5.94. The Morgan fingerprint density at radius 3 is 2.26 bits per heavy atom. The summed E-state index contributed by atoms with van der Waals surface area (Å²) in [5.41, 5.74) is 3.83. The zero-order valence-electron chi connectivity index (χ0n) is 17.9. The van der Waals surface area contributed by atoms with Crippen LogP contribution < -0.4 is 4.90 Å². The molecule has 0 spiro atoms. The Hall–Kier alpha value is -3.48. The van der Waals surface area contributed by atoms with E-state index < -0.39 is 0 Å². The highest BCUT2D eigenvalue weighted by Crippen LogP contribution is 2.20. The van der Waals surface area contributed by atoms with E-state index >= 15 is 0 Å². The molecule has 0 aliphatic carbocycles. The normalized spacial score (nSPS) is 14.0. The highest BCUT2D eigenvalue weighted by atomic mass is 16.4. The maximum atomic E-state index is 12.6. The number of ketones is 1. The first-order valence-electron chi connectivity index (χ1n) is 10.5. The average Bonchev–Trinajstić information content (AvgIpc) is 3.27. The number of anilines is 1. The van der Waals surface area contributed by atoms with E-state index in [4.69, 9.17) is 4.42 Å². The van der Waals surface area contributed by atoms with Crippen LogP contribution in [0.4, 0.5) is 5.69 Å². The van der Waals surface area contributed by atoms with Crippen molar-refractivity contribution in [2.75, 3.05) is 31.1 Å². The number of hydrogen-bond acceptors (Lipinski definition) is 6. The number of piperazine rings is 1. The van der Waals surface area contributed by atoms with Gasteiger partial charge in [0.1, 0.15) is 0 Å². The molecule has 4 rings (SSSR count). The summed E-state index contributed by atoms with van der Waals surface area (Å²) in [5, 5.41) is 8.18. The zero-order valence-corrected chi connectivity index (χ0v) is 17.9. The Kier molecular flexibility index (Phi) is 6.11. The lowest BCUT2D eigenvalue weighted by atomic mass is 10.1. The molecule has 0 N–H and O–H groups in total. The minimum Gasteiger partial charge on any atom is -0.421 e. The first kappa shape index (κ1) is 20.8. The van der Waals surface area contributed by atoms with Gasteiger partial charge in [-0.25, -0.2) is 0 Å². The molecule has 7 heteroatoms. The second-order valence-corrected chi connectivity index (χ2v) is 7.84. The summed E-state index contributed by atoms with van der Waals surface area (Å²) in [7, 11) is 0. The van der Waals surface area contributed by atoms with Crippen molar-refractivity contribution in [1.82, 2.24) is 15.1 Å². The van der Waals surface area contributed by atoms with Gasteiger partial charge in [0.05, 0.1) is 0 Å². The molecular weight excluding hydrogens is 392 g/mol. The van der Waals surface area contributed by atoms with Crippen molar-refractivity contribution in [3.63, 3.8) is 0 Å². The van der Waals surface area contributed by atoms with Crippen LogP contribution in [0.15, 0.2) is 52.9 Å². The number of aryl methyl sites for hydroxylation is 2. The molecular formula is C24H26N4O3. The van der Waals surface area contributed by atoms with E-state index in [0.29, 0.717) is 43.3 Å². The van der Waals surface area contributed by atoms with Gasteiger partial charge < -0.3 is 14.2 Å². The lowest BCUT2D eigenvalue weighted by Gasteiger charge is -2.36. The molecule has 1 saturated heterocycles. The van der Waals surface area contributed by atoms with Crippen molar-refractivity contribution in [2.45, 2.75) is 26.7 Å². The smallest absolute Gasteiger partial charge is 0.247 e. The number of aromatic nitrogens is 2. The Bertz CT molecular complexity index is 1050. The Morgan fingerprint density at radius 1 is 0.935 bits per heavy atom. The Morgan fingerprint density at radius 2 is 1.61 bits per heavy atom. The van der Waals surface area contributed by atoms with Gasteiger partial charge in [-0.15, -0.1) is 10.2 Å². The average molecular weight is 418 g/mol. The van der Waals surface area contributed by atoms with E-state index in [9.17, 15) is 9.59 Å². The van der Waals surface area contributed by atoms with Crippen LogP contribution in [0.3, 0.4) is 0 Å². The molecule has 1 fully saturated rings. The van der Waals surface area contributed by atoms with Gasteiger partial charge in [-0.05, 0) is 50.2 Å². The van der Waals surface area contributed by atoms with Gasteiger partial charge in [0.25, 0.3) is 0 Å². The van der Waals surface area contributed by atoms with Gasteiger partial charge in [0, 0.05) is 55.8 Å². The summed E-state index contributed by atoms with van der Waals surface area (Å²) >= 11 is 0. The minimum atomic E-state index is 0.0641. The fourth-order valence-corrected chi connectivity index (χ4v) is 3.66. The van der Waals surface area contributed by atoms with Crippen molar-refractivity contribution >= 4 is 17.4 Å². The molecule has 2 heterocycles. The number of hydrogen-bond donors (Lipinski definition) is 0. The van der Waals surface area contributed by atoms with E-state index in [0.717, 1.165) is 24.3 Å². The first-order valence-corrected chi connectivity index (χ1v) is 10.5. The van der Waals surface area contributed by atoms with Gasteiger partial charge >= 0.3 is 0 Å². The summed E-state index contributed by atoms with van der Waals surface area (Å²) in [6.45, 7) is 6.47. The topological polar surface area (TPSA) is 79.5 Å². The molecule has 1 aliphatic heterocycles. The van der Waals surface area contributed by atoms with Crippen LogP contribution in [0, 0.1) is 6.92 Å². The van der Waals surface area contributed by atoms with Gasteiger partial charge in [0.15, 0.2) is 5.78 Å². The van der Waals surface area contributed by atoms with Gasteiger partial charge in [-0.1, -0.05) is 17.7 Å². The van der Waals surface area contributed by atoms with Crippen LogP contribution in [0.5, 0.6) is 0 Å². The maximum Gasteiger partial charge on any atom is 0.247 e. The van der Waals surface area contributed by atoms with E-state index in [-0.39, 0.29) is 11.7 Å². The van der Waals surface area contributed by atoms with Crippen LogP contribution in [0.1, 0.15) is 35.2 Å². The second-order valence-electron chi connectivity index (χ2n) is 7.84. The molecule has 7 nitrogen and oxygen atoms in total. The minimum absolute atomic E-state index is 0.0641. The van der Waals surface area contributed by atoms with Crippen molar-refractivity contribution in [3.8, 4) is 11.5 Å². The third-order valence-electron chi connectivity index (χ3n) is 5.59. The third kappa shape index (κ3) is 4.99. The number of Topliss-reactive ketones (excluding diaryl/α,β-unsaturated/α-hetero) is 1. The van der Waals surface area contributed by atoms with Gasteiger partial charge in [-0.3, -0.25) is 9.59 Å². The summed E-state index contributed by atoms with van der Waals surface area (Å²) < 4.78 is 5.72. The van der Waals surface area contributed by atoms with Gasteiger partial charge in [-0.2, -0.15) is 0 Å². The summed E-state index contributed by atoms with van der Waals surface area (Å²) in [4.78, 5) is 28.2. The van der Waals surface area contributed by atoms with E-state index in [1.54, 1.807) is 6.92 Å². The van der Waals surface area contributed by atoms with Gasteiger partial charge in [0.2, 0.25) is 17.7 Å². The first-order chi connectivity index (χ1) is 15.0. The van der Waals surface area contributed by atoms with Crippen LogP contribution in [-0.2, 0) is 11.2 Å². The fourth-order valence-electron chi connectivity index (χ4n) is 3.66. The molecule has 1 aliphatic rings. The molecule has 1 aromatic heterocycles. The monoisotopic (exact) mass is 418 g/mol. The van der Waals surface area contributed by atoms with E-state index in [1.165, 1.54) is 5.56 Å². The SMILES string of the molecule is CC(=O)c1ccc(N2CCN(C(=O)CCc3nnc(-c4ccc(C)cc4)o3)CC2)cc1. The number of amides is 1. The van der Waals surface area contributed by atoms with Crippen LogP contribution in [0.25, 0.3) is 11.5 Å². The third-order valence-corrected chi connectivity index (χ3v) is 5.59. The lowest BCUT2D eigenvalue weighted by Crippen LogP contribution is -2.48. The van der Waals surface area contributed by atoms with Crippen molar-refractivity contribution in [3.05, 3.63) is 65.5 Å². The fraction of sp³-hybridized carbons (Fsp3) is 0.333. The number of rotatable bonds is 6. The number of nitrogens with zero attached hydrogens (tertiary/aromatic N) is 4. The van der Waals surface area contributed by atoms with E-state index in [2.05, 4.69) is 15.1 Å². The molecule has 3 aromatic rings. The van der Waals surface area contributed by atoms with Crippen molar-refractivity contribution in [1.29, 1.82) is 0 Å². The number of carbonyl (C=O) groups excluding carboxylic acids is 2. The molecule has 2 aromatic carbocycles. The number of carbonyl (C=O) groups is 2. The molecule has 0 saturated carbocycles. The van der Waals surface area contributed by atoms with Crippen molar-refractivity contribution in [2.24, 2.45) is 0 Å². The molecule has 0 atom stereocenters. The zero-order chi connectivity index (χ0) is 21.8. The van der Waals surface area contributed by atoms with Crippen LogP contribution >= 0.6 is 0 Å². The van der Waals surface area contributed by atoms with Crippen LogP contribution in [-0.4, -0.2) is 53.0 Å². The highest BCUT2D eigenvalue weighted by Gasteiger charge is 2.22. The molecule has 0 radical (unpaired) electrons. The maximum absolute atomic E-state index is 12.6. The summed E-state index contributed by atoms with van der Waals surface area (Å²) in [6.07, 6.45) is 0.785. The predicted molar refractivity (Wildman–Crippen MR) is 118 cm³/mol. The lowest BCUT2D eigenvalue weighted by molar-refractivity contribution is -0.131. The standard InChI is InChI=1S/C24H26N4O3/c1-17-3-5-20(6-4-17)24-26-25-22(31-24)11-12-23(30)28-15-13-27(14-16-28)21-9-7-19(8-10-21)18(2)29/h3-10H,11-16H2,1-2H3. The van der Waals surface area contributed by atoms with Crippen LogP contribution in [0.2, 0.25) is 0 Å².